The highest BCUT2D eigenvalue weighted by atomic mass is 79.9. The second kappa shape index (κ2) is 10.8. The van der Waals surface area contributed by atoms with Crippen molar-refractivity contribution in [2.75, 3.05) is 6.54 Å². The number of halogens is 2. The standard InChI is InChI=1S/C23H21BrFNO5S/c1-3-14(2)31-21(27)12-26-22(28)20(32-23(26)29)11-16-10-17(24)6-9-19(16)30-13-15-4-7-18(25)8-5-15/h4-11,14H,3,12-13H2,1-2H3/b20-11-/t14-/m1/s1. The number of ether oxygens (including phenoxy) is 2. The third-order valence-electron chi connectivity index (χ3n) is 4.63. The molecular weight excluding hydrogens is 501 g/mol. The summed E-state index contributed by atoms with van der Waals surface area (Å²) in [5.74, 6) is -1.04. The highest BCUT2D eigenvalue weighted by Crippen LogP contribution is 2.35. The van der Waals surface area contributed by atoms with Crippen molar-refractivity contribution in [2.24, 2.45) is 0 Å². The maximum Gasteiger partial charge on any atom is 0.326 e. The van der Waals surface area contributed by atoms with Crippen molar-refractivity contribution in [3.05, 3.63) is 68.8 Å². The molecule has 0 aliphatic carbocycles. The minimum absolute atomic E-state index is 0.177. The number of carbonyl (C=O) groups excluding carboxylic acids is 3. The maximum atomic E-state index is 13.1. The first-order valence-electron chi connectivity index (χ1n) is 9.88. The van der Waals surface area contributed by atoms with Crippen LogP contribution >= 0.6 is 27.7 Å². The molecule has 1 fully saturated rings. The fourth-order valence-electron chi connectivity index (χ4n) is 2.76. The van der Waals surface area contributed by atoms with Crippen LogP contribution in [0.1, 0.15) is 31.4 Å². The Morgan fingerprint density at radius 3 is 2.62 bits per heavy atom. The van der Waals surface area contributed by atoms with Gasteiger partial charge in [-0.2, -0.15) is 0 Å². The fourth-order valence-corrected chi connectivity index (χ4v) is 3.96. The van der Waals surface area contributed by atoms with Crippen molar-refractivity contribution >= 4 is 50.9 Å². The molecule has 2 amide bonds. The minimum Gasteiger partial charge on any atom is -0.488 e. The van der Waals surface area contributed by atoms with Crippen molar-refractivity contribution in [3.63, 3.8) is 0 Å². The summed E-state index contributed by atoms with van der Waals surface area (Å²) in [5.41, 5.74) is 1.36. The second-order valence-corrected chi connectivity index (χ2v) is 8.98. The Morgan fingerprint density at radius 1 is 1.22 bits per heavy atom. The Kier molecular flexibility index (Phi) is 8.09. The largest absolute Gasteiger partial charge is 0.488 e. The van der Waals surface area contributed by atoms with Gasteiger partial charge >= 0.3 is 5.97 Å². The molecule has 1 atom stereocenters. The van der Waals surface area contributed by atoms with Gasteiger partial charge in [0.25, 0.3) is 11.1 Å². The predicted octanol–water partition coefficient (Wildman–Crippen LogP) is 5.55. The second-order valence-electron chi connectivity index (χ2n) is 7.07. The number of rotatable bonds is 8. The topological polar surface area (TPSA) is 72.9 Å². The Hall–Kier alpha value is -2.65. The van der Waals surface area contributed by atoms with Crippen LogP contribution in [0.15, 0.2) is 51.8 Å². The monoisotopic (exact) mass is 521 g/mol. The van der Waals surface area contributed by atoms with Crippen molar-refractivity contribution < 1.29 is 28.2 Å². The molecule has 2 aromatic rings. The minimum atomic E-state index is -0.631. The van der Waals surface area contributed by atoms with E-state index in [0.29, 0.717) is 17.7 Å². The van der Waals surface area contributed by atoms with Crippen LogP contribution in [0.2, 0.25) is 0 Å². The van der Waals surface area contributed by atoms with Gasteiger partial charge in [-0.05, 0) is 67.1 Å². The zero-order valence-corrected chi connectivity index (χ0v) is 19.9. The number of hydrogen-bond donors (Lipinski definition) is 0. The molecule has 1 saturated heterocycles. The van der Waals surface area contributed by atoms with E-state index in [1.807, 2.05) is 6.92 Å². The highest BCUT2D eigenvalue weighted by molar-refractivity contribution is 9.10. The van der Waals surface area contributed by atoms with E-state index in [0.717, 1.165) is 26.7 Å². The lowest BCUT2D eigenvalue weighted by Gasteiger charge is -2.15. The molecule has 1 aliphatic heterocycles. The molecule has 9 heteroatoms. The van der Waals surface area contributed by atoms with Gasteiger partial charge in [0, 0.05) is 10.0 Å². The smallest absolute Gasteiger partial charge is 0.326 e. The molecule has 0 unspecified atom stereocenters. The molecule has 0 radical (unpaired) electrons. The van der Waals surface area contributed by atoms with E-state index >= 15 is 0 Å². The highest BCUT2D eigenvalue weighted by Gasteiger charge is 2.37. The number of benzene rings is 2. The van der Waals surface area contributed by atoms with Gasteiger partial charge in [-0.15, -0.1) is 0 Å². The van der Waals surface area contributed by atoms with Gasteiger partial charge in [0.05, 0.1) is 11.0 Å². The number of carbonyl (C=O) groups is 3. The first-order valence-corrected chi connectivity index (χ1v) is 11.5. The van der Waals surface area contributed by atoms with E-state index < -0.39 is 23.7 Å². The summed E-state index contributed by atoms with van der Waals surface area (Å²) in [7, 11) is 0. The molecule has 0 saturated carbocycles. The van der Waals surface area contributed by atoms with Crippen molar-refractivity contribution in [1.82, 2.24) is 4.90 Å². The Bertz CT molecular complexity index is 1060. The Morgan fingerprint density at radius 2 is 1.94 bits per heavy atom. The normalized spacial score (nSPS) is 15.9. The van der Waals surface area contributed by atoms with Crippen LogP contribution in [0, 0.1) is 5.82 Å². The average Bonchev–Trinajstić information content (AvgIpc) is 3.01. The van der Waals surface area contributed by atoms with Gasteiger partial charge < -0.3 is 9.47 Å². The molecule has 2 aromatic carbocycles. The van der Waals surface area contributed by atoms with Crippen LogP contribution in [-0.2, 0) is 20.9 Å². The number of thioether (sulfide) groups is 1. The van der Waals surface area contributed by atoms with Crippen LogP contribution in [0.4, 0.5) is 9.18 Å². The van der Waals surface area contributed by atoms with Gasteiger partial charge in [-0.3, -0.25) is 19.3 Å². The van der Waals surface area contributed by atoms with Crippen molar-refractivity contribution in [1.29, 1.82) is 0 Å². The summed E-state index contributed by atoms with van der Waals surface area (Å²) < 4.78 is 24.9. The van der Waals surface area contributed by atoms with Gasteiger partial charge in [-0.1, -0.05) is 35.0 Å². The summed E-state index contributed by atoms with van der Waals surface area (Å²) >= 11 is 4.15. The summed E-state index contributed by atoms with van der Waals surface area (Å²) in [6.07, 6.45) is 1.90. The van der Waals surface area contributed by atoms with Gasteiger partial charge in [-0.25, -0.2) is 4.39 Å². The lowest BCUT2D eigenvalue weighted by atomic mass is 10.1. The number of imide groups is 1. The van der Waals surface area contributed by atoms with Crippen LogP contribution in [0.25, 0.3) is 6.08 Å². The van der Waals surface area contributed by atoms with Crippen LogP contribution < -0.4 is 4.74 Å². The molecule has 0 aromatic heterocycles. The van der Waals surface area contributed by atoms with E-state index in [-0.39, 0.29) is 23.4 Å². The fraction of sp³-hybridized carbons (Fsp3) is 0.261. The number of esters is 1. The molecule has 3 rings (SSSR count). The van der Waals surface area contributed by atoms with Crippen LogP contribution in [-0.4, -0.2) is 34.7 Å². The predicted molar refractivity (Wildman–Crippen MR) is 123 cm³/mol. The molecule has 0 spiro atoms. The molecule has 6 nitrogen and oxygen atoms in total. The van der Waals surface area contributed by atoms with Crippen molar-refractivity contribution in [3.8, 4) is 5.75 Å². The van der Waals surface area contributed by atoms with Gasteiger partial charge in [0.1, 0.15) is 24.7 Å². The molecule has 1 aliphatic rings. The van der Waals surface area contributed by atoms with Crippen LogP contribution in [0.5, 0.6) is 5.75 Å². The summed E-state index contributed by atoms with van der Waals surface area (Å²) in [4.78, 5) is 38.1. The summed E-state index contributed by atoms with van der Waals surface area (Å²) in [5, 5.41) is -0.536. The molecule has 0 N–H and O–H groups in total. The van der Waals surface area contributed by atoms with Crippen LogP contribution in [0.3, 0.4) is 0 Å². The molecule has 1 heterocycles. The zero-order valence-electron chi connectivity index (χ0n) is 17.5. The molecular formula is C23H21BrFNO5S. The summed E-state index contributed by atoms with van der Waals surface area (Å²) in [6.45, 7) is 3.38. The first-order chi connectivity index (χ1) is 15.3. The Labute approximate surface area is 197 Å². The van der Waals surface area contributed by atoms with E-state index in [1.54, 1.807) is 43.3 Å². The van der Waals surface area contributed by atoms with E-state index in [1.165, 1.54) is 12.1 Å². The quantitative estimate of drug-likeness (QED) is 0.335. The summed E-state index contributed by atoms with van der Waals surface area (Å²) in [6, 6.07) is 11.2. The number of amides is 2. The zero-order chi connectivity index (χ0) is 23.3. The van der Waals surface area contributed by atoms with Gasteiger partial charge in [0.15, 0.2) is 0 Å². The molecule has 168 valence electrons. The average molecular weight is 522 g/mol. The van der Waals surface area contributed by atoms with Crippen molar-refractivity contribution in [2.45, 2.75) is 33.0 Å². The van der Waals surface area contributed by atoms with E-state index in [9.17, 15) is 18.8 Å². The number of nitrogens with zero attached hydrogens (tertiary/aromatic N) is 1. The molecule has 32 heavy (non-hydrogen) atoms. The lowest BCUT2D eigenvalue weighted by molar-refractivity contribution is -0.150. The lowest BCUT2D eigenvalue weighted by Crippen LogP contribution is -2.35. The van der Waals surface area contributed by atoms with E-state index in [2.05, 4.69) is 15.9 Å². The molecule has 0 bridgehead atoms. The van der Waals surface area contributed by atoms with E-state index in [4.69, 9.17) is 9.47 Å². The number of hydrogen-bond acceptors (Lipinski definition) is 6. The van der Waals surface area contributed by atoms with Gasteiger partial charge in [0.2, 0.25) is 0 Å². The third-order valence-corrected chi connectivity index (χ3v) is 6.04. The maximum absolute atomic E-state index is 13.1. The SMILES string of the molecule is CC[C@@H](C)OC(=O)CN1C(=O)S/C(=C\c2cc(Br)ccc2OCc2ccc(F)cc2)C1=O. The first kappa shape index (κ1) is 24.0. The third kappa shape index (κ3) is 6.20. The Balaban J connectivity index is 1.76.